The fourth-order valence-electron chi connectivity index (χ4n) is 2.52. The van der Waals surface area contributed by atoms with E-state index >= 15 is 0 Å². The fraction of sp³-hybridized carbons (Fsp3) is 0.211. The average Bonchev–Trinajstić information content (AvgIpc) is 3.05. The molecule has 0 spiro atoms. The summed E-state index contributed by atoms with van der Waals surface area (Å²) in [5.74, 6) is 0.866. The minimum Gasteiger partial charge on any atom is -0.302 e. The maximum Gasteiger partial charge on any atom is 0.192 e. The number of hydrogen-bond acceptors (Lipinski definition) is 4. The molecule has 0 fully saturated rings. The van der Waals surface area contributed by atoms with Crippen LogP contribution in [-0.2, 0) is 6.54 Å². The van der Waals surface area contributed by atoms with Crippen LogP contribution in [0.4, 0.5) is 0 Å². The molecule has 25 heavy (non-hydrogen) atoms. The quantitative estimate of drug-likeness (QED) is 0.452. The summed E-state index contributed by atoms with van der Waals surface area (Å²) in [6.07, 6.45) is 0. The molecular formula is C19H18ClN3OS. The summed E-state index contributed by atoms with van der Waals surface area (Å²) in [4.78, 5) is 12.6. The predicted molar refractivity (Wildman–Crippen MR) is 102 cm³/mol. The van der Waals surface area contributed by atoms with Crippen LogP contribution in [0.3, 0.4) is 0 Å². The van der Waals surface area contributed by atoms with Gasteiger partial charge in [0.2, 0.25) is 0 Å². The summed E-state index contributed by atoms with van der Waals surface area (Å²) >= 11 is 7.31. The van der Waals surface area contributed by atoms with Crippen molar-refractivity contribution in [3.05, 3.63) is 65.2 Å². The van der Waals surface area contributed by atoms with Gasteiger partial charge in [0.15, 0.2) is 16.8 Å². The van der Waals surface area contributed by atoms with Crippen molar-refractivity contribution in [3.63, 3.8) is 0 Å². The molecule has 0 aliphatic rings. The molecule has 4 nitrogen and oxygen atoms in total. The van der Waals surface area contributed by atoms with Gasteiger partial charge in [-0.05, 0) is 38.1 Å². The number of benzene rings is 2. The molecule has 1 atom stereocenters. The first-order valence-corrected chi connectivity index (χ1v) is 9.31. The molecular weight excluding hydrogens is 354 g/mol. The van der Waals surface area contributed by atoms with Crippen molar-refractivity contribution in [2.75, 3.05) is 0 Å². The molecule has 0 radical (unpaired) electrons. The Balaban J connectivity index is 1.82. The standard InChI is InChI=1S/C19H18ClN3OS/c1-3-23-18(15-7-5-4-6-8-15)21-22-19(23)25-13(2)17(24)14-9-11-16(20)12-10-14/h4-13H,3H2,1-2H3. The van der Waals surface area contributed by atoms with E-state index in [0.29, 0.717) is 10.6 Å². The molecule has 1 aromatic heterocycles. The Morgan fingerprint density at radius 2 is 1.80 bits per heavy atom. The Morgan fingerprint density at radius 1 is 1.12 bits per heavy atom. The van der Waals surface area contributed by atoms with Crippen LogP contribution in [-0.4, -0.2) is 25.8 Å². The largest absolute Gasteiger partial charge is 0.302 e. The van der Waals surface area contributed by atoms with E-state index in [1.807, 2.05) is 48.7 Å². The predicted octanol–water partition coefficient (Wildman–Crippen LogP) is 4.98. The van der Waals surface area contributed by atoms with Crippen molar-refractivity contribution in [2.24, 2.45) is 0 Å². The number of ketones is 1. The van der Waals surface area contributed by atoms with Gasteiger partial charge >= 0.3 is 0 Å². The first-order chi connectivity index (χ1) is 12.1. The molecule has 0 aliphatic heterocycles. The lowest BCUT2D eigenvalue weighted by atomic mass is 10.1. The molecule has 6 heteroatoms. The van der Waals surface area contributed by atoms with Crippen LogP contribution in [0.1, 0.15) is 24.2 Å². The van der Waals surface area contributed by atoms with Crippen LogP contribution in [0.25, 0.3) is 11.4 Å². The first-order valence-electron chi connectivity index (χ1n) is 8.05. The number of aromatic nitrogens is 3. The second-order valence-electron chi connectivity index (χ2n) is 5.55. The van der Waals surface area contributed by atoms with Gasteiger partial charge < -0.3 is 4.57 Å². The zero-order valence-electron chi connectivity index (χ0n) is 14.0. The molecule has 128 valence electrons. The van der Waals surface area contributed by atoms with Crippen molar-refractivity contribution in [3.8, 4) is 11.4 Å². The van der Waals surface area contributed by atoms with E-state index in [2.05, 4.69) is 10.2 Å². The average molecular weight is 372 g/mol. The van der Waals surface area contributed by atoms with Gasteiger partial charge in [0, 0.05) is 22.7 Å². The summed E-state index contributed by atoms with van der Waals surface area (Å²) in [6.45, 7) is 4.67. The van der Waals surface area contributed by atoms with Crippen LogP contribution < -0.4 is 0 Å². The Hall–Kier alpha value is -2.11. The van der Waals surface area contributed by atoms with E-state index in [1.54, 1.807) is 24.3 Å². The Morgan fingerprint density at radius 3 is 2.44 bits per heavy atom. The molecule has 0 saturated heterocycles. The Bertz CT molecular complexity index is 862. The third kappa shape index (κ3) is 3.94. The number of hydrogen-bond donors (Lipinski definition) is 0. The van der Waals surface area contributed by atoms with E-state index in [9.17, 15) is 4.79 Å². The summed E-state index contributed by atoms with van der Waals surface area (Å²) in [5.41, 5.74) is 1.66. The maximum absolute atomic E-state index is 12.6. The number of nitrogens with zero attached hydrogens (tertiary/aromatic N) is 3. The lowest BCUT2D eigenvalue weighted by Crippen LogP contribution is -2.14. The van der Waals surface area contributed by atoms with Crippen LogP contribution in [0, 0.1) is 0 Å². The third-order valence-corrected chi connectivity index (χ3v) is 5.18. The van der Waals surface area contributed by atoms with E-state index in [4.69, 9.17) is 11.6 Å². The Labute approximate surface area is 156 Å². The number of halogens is 1. The molecule has 2 aromatic carbocycles. The Kier molecular flexibility index (Phi) is 5.56. The molecule has 1 heterocycles. The zero-order valence-corrected chi connectivity index (χ0v) is 15.6. The number of carbonyl (C=O) groups is 1. The van der Waals surface area contributed by atoms with Crippen molar-refractivity contribution >= 4 is 29.1 Å². The van der Waals surface area contributed by atoms with Gasteiger partial charge in [-0.2, -0.15) is 0 Å². The van der Waals surface area contributed by atoms with E-state index in [1.165, 1.54) is 11.8 Å². The van der Waals surface area contributed by atoms with Crippen LogP contribution >= 0.6 is 23.4 Å². The summed E-state index contributed by atoms with van der Waals surface area (Å²) in [6, 6.07) is 16.9. The minimum absolute atomic E-state index is 0.0496. The molecule has 0 aliphatic carbocycles. The highest BCUT2D eigenvalue weighted by atomic mass is 35.5. The van der Waals surface area contributed by atoms with Crippen LogP contribution in [0.2, 0.25) is 5.02 Å². The van der Waals surface area contributed by atoms with E-state index in [0.717, 1.165) is 23.1 Å². The van der Waals surface area contributed by atoms with Crippen molar-refractivity contribution in [1.82, 2.24) is 14.8 Å². The van der Waals surface area contributed by atoms with Crippen molar-refractivity contribution < 1.29 is 4.79 Å². The molecule has 0 N–H and O–H groups in total. The number of carbonyl (C=O) groups excluding carboxylic acids is 1. The topological polar surface area (TPSA) is 47.8 Å². The monoisotopic (exact) mass is 371 g/mol. The maximum atomic E-state index is 12.6. The van der Waals surface area contributed by atoms with Gasteiger partial charge in [-0.3, -0.25) is 4.79 Å². The smallest absolute Gasteiger partial charge is 0.192 e. The van der Waals surface area contributed by atoms with Gasteiger partial charge in [0.25, 0.3) is 0 Å². The first kappa shape index (κ1) is 17.7. The van der Waals surface area contributed by atoms with Gasteiger partial charge in [-0.15, -0.1) is 10.2 Å². The lowest BCUT2D eigenvalue weighted by molar-refractivity contribution is 0.0994. The summed E-state index contributed by atoms with van der Waals surface area (Å²) in [7, 11) is 0. The molecule has 0 amide bonds. The highest BCUT2D eigenvalue weighted by Gasteiger charge is 2.21. The second-order valence-corrected chi connectivity index (χ2v) is 7.29. The SMILES string of the molecule is CCn1c(SC(C)C(=O)c2ccc(Cl)cc2)nnc1-c1ccccc1. The highest BCUT2D eigenvalue weighted by molar-refractivity contribution is 8.00. The molecule has 3 rings (SSSR count). The number of rotatable bonds is 6. The zero-order chi connectivity index (χ0) is 17.8. The van der Waals surface area contributed by atoms with Gasteiger partial charge in [0.05, 0.1) is 5.25 Å². The minimum atomic E-state index is -0.265. The molecule has 0 saturated carbocycles. The summed E-state index contributed by atoms with van der Waals surface area (Å²) in [5, 5.41) is 9.72. The fourth-order valence-corrected chi connectivity index (χ4v) is 3.64. The molecule has 1 unspecified atom stereocenters. The van der Waals surface area contributed by atoms with Crippen LogP contribution in [0.5, 0.6) is 0 Å². The lowest BCUT2D eigenvalue weighted by Gasteiger charge is -2.11. The van der Waals surface area contributed by atoms with E-state index < -0.39 is 0 Å². The second kappa shape index (κ2) is 7.85. The highest BCUT2D eigenvalue weighted by Crippen LogP contribution is 2.28. The van der Waals surface area contributed by atoms with Gasteiger partial charge in [0.1, 0.15) is 0 Å². The van der Waals surface area contributed by atoms with Crippen LogP contribution in [0.15, 0.2) is 59.8 Å². The van der Waals surface area contributed by atoms with Crippen molar-refractivity contribution in [2.45, 2.75) is 30.8 Å². The number of Topliss-reactive ketones (excluding diaryl/α,β-unsaturated/α-hetero) is 1. The normalized spacial score (nSPS) is 12.1. The van der Waals surface area contributed by atoms with Gasteiger partial charge in [-0.25, -0.2) is 0 Å². The third-order valence-electron chi connectivity index (χ3n) is 3.85. The van der Waals surface area contributed by atoms with E-state index in [-0.39, 0.29) is 11.0 Å². The molecule has 0 bridgehead atoms. The molecule has 3 aromatic rings. The summed E-state index contributed by atoms with van der Waals surface area (Å²) < 4.78 is 2.03. The number of thioether (sulfide) groups is 1. The van der Waals surface area contributed by atoms with Crippen molar-refractivity contribution in [1.29, 1.82) is 0 Å². The van der Waals surface area contributed by atoms with Gasteiger partial charge in [-0.1, -0.05) is 53.7 Å².